The Kier molecular flexibility index (Phi) is 8.35. The number of hydrogen-bond donors (Lipinski definition) is 3. The van der Waals surface area contributed by atoms with Gasteiger partial charge < -0.3 is 25.0 Å². The van der Waals surface area contributed by atoms with E-state index in [9.17, 15) is 5.11 Å². The molecule has 1 aromatic carbocycles. The number of nitriles is 1. The predicted octanol–water partition coefficient (Wildman–Crippen LogP) is -0.104. The molecule has 1 atom stereocenters. The molecule has 0 fully saturated rings. The van der Waals surface area contributed by atoms with Gasteiger partial charge in [-0.3, -0.25) is 0 Å². The molecule has 3 N–H and O–H groups in total. The van der Waals surface area contributed by atoms with E-state index >= 15 is 0 Å². The molecule has 6 heteroatoms. The average molecular weight is 280 g/mol. The molecule has 0 bridgehead atoms. The van der Waals surface area contributed by atoms with E-state index in [1.54, 1.807) is 24.3 Å². The molecule has 0 aliphatic carbocycles. The van der Waals surface area contributed by atoms with Gasteiger partial charge in [0.25, 0.3) is 0 Å². The maximum atomic E-state index is 9.73. The summed E-state index contributed by atoms with van der Waals surface area (Å²) in [6, 6.07) is 8.93. The molecule has 0 aliphatic rings. The minimum Gasteiger partial charge on any atom is -0.489 e. The highest BCUT2D eigenvalue weighted by molar-refractivity contribution is 5.42. The number of nitrogens with one attached hydrogen (secondary N) is 1. The number of rotatable bonds is 10. The minimum absolute atomic E-state index is 0.00870. The van der Waals surface area contributed by atoms with Gasteiger partial charge in [-0.05, 0) is 12.1 Å². The maximum Gasteiger partial charge on any atom is 0.137 e. The predicted molar refractivity (Wildman–Crippen MR) is 73.4 cm³/mol. The van der Waals surface area contributed by atoms with Crippen molar-refractivity contribution in [2.75, 3.05) is 39.5 Å². The molecular weight excluding hydrogens is 260 g/mol. The first-order valence-electron chi connectivity index (χ1n) is 6.47. The van der Waals surface area contributed by atoms with Gasteiger partial charge in [0.15, 0.2) is 0 Å². The lowest BCUT2D eigenvalue weighted by Gasteiger charge is -2.14. The number of benzene rings is 1. The smallest absolute Gasteiger partial charge is 0.137 e. The summed E-state index contributed by atoms with van der Waals surface area (Å²) in [5.74, 6) is 0.473. The lowest BCUT2D eigenvalue weighted by Crippen LogP contribution is -2.33. The lowest BCUT2D eigenvalue weighted by molar-refractivity contribution is 0.0842. The molecule has 0 heterocycles. The summed E-state index contributed by atoms with van der Waals surface area (Å²) >= 11 is 0. The molecule has 1 unspecified atom stereocenters. The molecule has 0 spiro atoms. The molecule has 110 valence electrons. The third-order valence-electron chi connectivity index (χ3n) is 2.48. The van der Waals surface area contributed by atoms with Crippen molar-refractivity contribution in [2.45, 2.75) is 6.10 Å². The standard InChI is InChI=1S/C14H20N2O4/c15-9-12-3-1-2-4-14(12)20-11-13(18)10-16-5-7-19-8-6-17/h1-4,13,16-18H,5-8,10-11H2. The van der Waals surface area contributed by atoms with Gasteiger partial charge in [-0.25, -0.2) is 0 Å². The van der Waals surface area contributed by atoms with Gasteiger partial charge in [-0.1, -0.05) is 12.1 Å². The van der Waals surface area contributed by atoms with Gasteiger partial charge in [0.2, 0.25) is 0 Å². The van der Waals surface area contributed by atoms with Crippen LogP contribution < -0.4 is 10.1 Å². The second-order valence-electron chi connectivity index (χ2n) is 4.11. The van der Waals surface area contributed by atoms with Crippen molar-refractivity contribution in [2.24, 2.45) is 0 Å². The third-order valence-corrected chi connectivity index (χ3v) is 2.48. The van der Waals surface area contributed by atoms with Crippen molar-refractivity contribution < 1.29 is 19.7 Å². The van der Waals surface area contributed by atoms with E-state index in [2.05, 4.69) is 5.32 Å². The normalized spacial score (nSPS) is 11.8. The van der Waals surface area contributed by atoms with Crippen molar-refractivity contribution in [3.05, 3.63) is 29.8 Å². The number of para-hydroxylation sites is 1. The number of nitrogens with zero attached hydrogens (tertiary/aromatic N) is 1. The minimum atomic E-state index is -0.667. The van der Waals surface area contributed by atoms with Crippen LogP contribution in [0.4, 0.5) is 0 Å². The van der Waals surface area contributed by atoms with Gasteiger partial charge >= 0.3 is 0 Å². The van der Waals surface area contributed by atoms with Crippen LogP contribution in [-0.4, -0.2) is 55.8 Å². The van der Waals surface area contributed by atoms with Crippen LogP contribution in [0.5, 0.6) is 5.75 Å². The van der Waals surface area contributed by atoms with Gasteiger partial charge in [-0.2, -0.15) is 5.26 Å². The lowest BCUT2D eigenvalue weighted by atomic mass is 10.2. The SMILES string of the molecule is N#Cc1ccccc1OCC(O)CNCCOCCO. The molecular formula is C14H20N2O4. The summed E-state index contributed by atoms with van der Waals surface area (Å²) < 4.78 is 10.5. The van der Waals surface area contributed by atoms with Gasteiger partial charge in [0.05, 0.1) is 25.4 Å². The molecule has 0 radical (unpaired) electrons. The molecule has 6 nitrogen and oxygen atoms in total. The van der Waals surface area contributed by atoms with Gasteiger partial charge in [0.1, 0.15) is 24.5 Å². The highest BCUT2D eigenvalue weighted by atomic mass is 16.5. The van der Waals surface area contributed by atoms with E-state index in [-0.39, 0.29) is 13.2 Å². The van der Waals surface area contributed by atoms with Crippen molar-refractivity contribution in [1.29, 1.82) is 5.26 Å². The van der Waals surface area contributed by atoms with Crippen LogP contribution in [0.2, 0.25) is 0 Å². The van der Waals surface area contributed by atoms with E-state index in [1.807, 2.05) is 6.07 Å². The zero-order valence-corrected chi connectivity index (χ0v) is 11.3. The first kappa shape index (κ1) is 16.4. The summed E-state index contributed by atoms with van der Waals surface area (Å²) in [6.07, 6.45) is -0.667. The zero-order chi connectivity index (χ0) is 14.6. The average Bonchev–Trinajstić information content (AvgIpc) is 2.49. The van der Waals surface area contributed by atoms with E-state index < -0.39 is 6.10 Å². The van der Waals surface area contributed by atoms with Crippen LogP contribution in [0.1, 0.15) is 5.56 Å². The summed E-state index contributed by atoms with van der Waals surface area (Å²) in [5.41, 5.74) is 0.449. The number of aliphatic hydroxyl groups excluding tert-OH is 2. The Morgan fingerprint density at radius 1 is 1.30 bits per heavy atom. The summed E-state index contributed by atoms with van der Waals surface area (Å²) in [5, 5.41) is 30.1. The van der Waals surface area contributed by atoms with E-state index in [4.69, 9.17) is 19.8 Å². The Morgan fingerprint density at radius 2 is 2.10 bits per heavy atom. The van der Waals surface area contributed by atoms with E-state index in [0.29, 0.717) is 37.6 Å². The Morgan fingerprint density at radius 3 is 2.85 bits per heavy atom. The van der Waals surface area contributed by atoms with Crippen LogP contribution in [0.3, 0.4) is 0 Å². The number of ether oxygens (including phenoxy) is 2. The maximum absolute atomic E-state index is 9.73. The van der Waals surface area contributed by atoms with Crippen LogP contribution >= 0.6 is 0 Å². The third kappa shape index (κ3) is 6.50. The monoisotopic (exact) mass is 280 g/mol. The zero-order valence-electron chi connectivity index (χ0n) is 11.3. The largest absolute Gasteiger partial charge is 0.489 e. The fraction of sp³-hybridized carbons (Fsp3) is 0.500. The molecule has 20 heavy (non-hydrogen) atoms. The van der Waals surface area contributed by atoms with Gasteiger partial charge in [-0.15, -0.1) is 0 Å². The van der Waals surface area contributed by atoms with Crippen LogP contribution in [0.15, 0.2) is 24.3 Å². The highest BCUT2D eigenvalue weighted by Gasteiger charge is 2.07. The molecule has 1 rings (SSSR count). The van der Waals surface area contributed by atoms with Crippen molar-refractivity contribution in [3.63, 3.8) is 0 Å². The number of hydrogen-bond acceptors (Lipinski definition) is 6. The first-order chi connectivity index (χ1) is 9.77. The molecule has 0 aliphatic heterocycles. The van der Waals surface area contributed by atoms with Crippen molar-refractivity contribution in [3.8, 4) is 11.8 Å². The van der Waals surface area contributed by atoms with Crippen LogP contribution in [-0.2, 0) is 4.74 Å². The first-order valence-corrected chi connectivity index (χ1v) is 6.47. The second kappa shape index (κ2) is 10.2. The molecule has 1 aromatic rings. The topological polar surface area (TPSA) is 94.7 Å². The molecule has 0 aromatic heterocycles. The fourth-order valence-corrected chi connectivity index (χ4v) is 1.51. The van der Waals surface area contributed by atoms with E-state index in [0.717, 1.165) is 0 Å². The quantitative estimate of drug-likeness (QED) is 0.518. The van der Waals surface area contributed by atoms with Crippen molar-refractivity contribution >= 4 is 0 Å². The van der Waals surface area contributed by atoms with Crippen molar-refractivity contribution in [1.82, 2.24) is 5.32 Å². The van der Waals surface area contributed by atoms with Crippen LogP contribution in [0, 0.1) is 11.3 Å². The summed E-state index contributed by atoms with van der Waals surface area (Å²) in [7, 11) is 0. The van der Waals surface area contributed by atoms with E-state index in [1.165, 1.54) is 0 Å². The summed E-state index contributed by atoms with van der Waals surface area (Å²) in [6.45, 7) is 1.88. The Hall–Kier alpha value is -1.65. The molecule has 0 amide bonds. The summed E-state index contributed by atoms with van der Waals surface area (Å²) in [4.78, 5) is 0. The molecule has 0 saturated heterocycles. The second-order valence-corrected chi connectivity index (χ2v) is 4.11. The van der Waals surface area contributed by atoms with Crippen LogP contribution in [0.25, 0.3) is 0 Å². The Balaban J connectivity index is 2.17. The Labute approximate surface area is 118 Å². The number of aliphatic hydroxyl groups is 2. The fourth-order valence-electron chi connectivity index (χ4n) is 1.51. The molecule has 0 saturated carbocycles. The highest BCUT2D eigenvalue weighted by Crippen LogP contribution is 2.16. The van der Waals surface area contributed by atoms with Gasteiger partial charge in [0, 0.05) is 13.1 Å². The Bertz CT molecular complexity index is 420.